The maximum absolute atomic E-state index is 11.2. The number of benzene rings is 3. The highest BCUT2D eigenvalue weighted by atomic mass is 16.6. The molecule has 156 valence electrons. The molecule has 0 aliphatic heterocycles. The first-order valence-corrected chi connectivity index (χ1v) is 9.96. The van der Waals surface area contributed by atoms with Gasteiger partial charge in [0, 0.05) is 23.5 Å². The molecule has 0 spiro atoms. The van der Waals surface area contributed by atoms with Gasteiger partial charge in [-0.15, -0.1) is 0 Å². The molecule has 0 atom stereocenters. The van der Waals surface area contributed by atoms with E-state index in [1.807, 2.05) is 51.1 Å². The number of nitrogens with zero attached hydrogens (tertiary/aromatic N) is 3. The summed E-state index contributed by atoms with van der Waals surface area (Å²) < 4.78 is 0. The molecule has 0 amide bonds. The summed E-state index contributed by atoms with van der Waals surface area (Å²) in [6, 6.07) is 16.5. The van der Waals surface area contributed by atoms with Crippen LogP contribution >= 0.6 is 0 Å². The van der Waals surface area contributed by atoms with Crippen molar-refractivity contribution in [3.63, 3.8) is 0 Å². The Morgan fingerprint density at radius 3 is 1.77 bits per heavy atom. The molecular weight excluding hydrogens is 390 g/mol. The summed E-state index contributed by atoms with van der Waals surface area (Å²) >= 11 is 0. The molecule has 0 saturated carbocycles. The monoisotopic (exact) mass is 413 g/mol. The first kappa shape index (κ1) is 20.3. The molecule has 4 aromatic rings. The van der Waals surface area contributed by atoms with Crippen LogP contribution < -0.4 is 10.6 Å². The van der Waals surface area contributed by atoms with Gasteiger partial charge in [0.2, 0.25) is 0 Å². The number of hydrogen-bond acceptors (Lipinski definition) is 6. The Balaban J connectivity index is 1.86. The zero-order valence-corrected chi connectivity index (χ0v) is 17.9. The van der Waals surface area contributed by atoms with Crippen LogP contribution in [0, 0.1) is 37.8 Å². The molecule has 1 heterocycles. The number of hydrogen-bond donors (Lipinski definition) is 2. The van der Waals surface area contributed by atoms with Gasteiger partial charge in [0.25, 0.3) is 5.69 Å². The van der Waals surface area contributed by atoms with Crippen molar-refractivity contribution in [1.82, 2.24) is 9.97 Å². The Morgan fingerprint density at radius 1 is 0.742 bits per heavy atom. The average Bonchev–Trinajstić information content (AvgIpc) is 2.74. The lowest BCUT2D eigenvalue weighted by atomic mass is 10.1. The first-order chi connectivity index (χ1) is 14.8. The van der Waals surface area contributed by atoms with Crippen molar-refractivity contribution in [3.8, 4) is 0 Å². The summed E-state index contributed by atoms with van der Waals surface area (Å²) in [6.45, 7) is 8.19. The number of rotatable bonds is 5. The van der Waals surface area contributed by atoms with Gasteiger partial charge in [0.05, 0.1) is 16.0 Å². The molecule has 1 aromatic heterocycles. The summed E-state index contributed by atoms with van der Waals surface area (Å²) in [5.41, 5.74) is 7.37. The minimum atomic E-state index is -0.429. The molecule has 2 N–H and O–H groups in total. The lowest BCUT2D eigenvalue weighted by molar-refractivity contribution is -0.384. The lowest BCUT2D eigenvalue weighted by Gasteiger charge is -2.17. The van der Waals surface area contributed by atoms with E-state index in [1.165, 1.54) is 17.7 Å². The Morgan fingerprint density at radius 2 is 1.26 bits per heavy atom. The van der Waals surface area contributed by atoms with Crippen molar-refractivity contribution in [2.24, 2.45) is 0 Å². The van der Waals surface area contributed by atoms with Crippen molar-refractivity contribution >= 4 is 39.7 Å². The normalized spacial score (nSPS) is 10.8. The molecule has 0 radical (unpaired) electrons. The van der Waals surface area contributed by atoms with Crippen LogP contribution in [-0.2, 0) is 0 Å². The van der Waals surface area contributed by atoms with Gasteiger partial charge < -0.3 is 10.6 Å². The Bertz CT molecular complexity index is 1320. The third kappa shape index (κ3) is 4.02. The molecule has 31 heavy (non-hydrogen) atoms. The number of nitro groups is 1. The van der Waals surface area contributed by atoms with E-state index >= 15 is 0 Å². The molecule has 4 rings (SSSR count). The molecule has 0 bridgehead atoms. The summed E-state index contributed by atoms with van der Waals surface area (Å²) in [5, 5.41) is 18.0. The first-order valence-electron chi connectivity index (χ1n) is 9.96. The average molecular weight is 413 g/mol. The molecular formula is C24H23N5O2. The minimum Gasteiger partial charge on any atom is -0.337 e. The number of aryl methyl sites for hydroxylation is 2. The second kappa shape index (κ2) is 8.02. The van der Waals surface area contributed by atoms with Gasteiger partial charge in [0.15, 0.2) is 11.6 Å². The van der Waals surface area contributed by atoms with E-state index in [0.717, 1.165) is 28.1 Å². The molecule has 0 saturated heterocycles. The lowest BCUT2D eigenvalue weighted by Crippen LogP contribution is -2.05. The van der Waals surface area contributed by atoms with Crippen LogP contribution in [0.25, 0.3) is 11.0 Å². The summed E-state index contributed by atoms with van der Waals surface area (Å²) in [4.78, 5) is 20.2. The maximum atomic E-state index is 11.2. The number of nitrogens with one attached hydrogen (secondary N) is 2. The highest BCUT2D eigenvalue weighted by Crippen LogP contribution is 2.32. The molecule has 7 nitrogen and oxygen atoms in total. The zero-order valence-electron chi connectivity index (χ0n) is 17.9. The Labute approximate surface area is 180 Å². The van der Waals surface area contributed by atoms with Crippen LogP contribution in [0.1, 0.15) is 22.3 Å². The molecule has 0 aliphatic rings. The molecule has 7 heteroatoms. The van der Waals surface area contributed by atoms with Crippen LogP contribution in [0.15, 0.2) is 54.6 Å². The largest absolute Gasteiger partial charge is 0.337 e. The summed E-state index contributed by atoms with van der Waals surface area (Å²) in [5.74, 6) is 1.05. The van der Waals surface area contributed by atoms with E-state index in [-0.39, 0.29) is 5.69 Å². The van der Waals surface area contributed by atoms with Crippen LogP contribution in [0.2, 0.25) is 0 Å². The molecule has 0 aliphatic carbocycles. The topological polar surface area (TPSA) is 93.0 Å². The fourth-order valence-corrected chi connectivity index (χ4v) is 3.36. The SMILES string of the molecule is Cc1cccc(Nc2nc3ccc([N+](=O)[O-])cc3nc2Nc2cccc(C)c2C)c1C. The van der Waals surface area contributed by atoms with Gasteiger partial charge in [-0.3, -0.25) is 10.1 Å². The summed E-state index contributed by atoms with van der Waals surface area (Å²) in [7, 11) is 0. The fourth-order valence-electron chi connectivity index (χ4n) is 3.36. The van der Waals surface area contributed by atoms with E-state index in [2.05, 4.69) is 23.6 Å². The third-order valence-corrected chi connectivity index (χ3v) is 5.57. The molecule has 0 fully saturated rings. The number of aromatic nitrogens is 2. The molecule has 3 aromatic carbocycles. The van der Waals surface area contributed by atoms with Gasteiger partial charge in [0.1, 0.15) is 0 Å². The number of fused-ring (bicyclic) bond motifs is 1. The minimum absolute atomic E-state index is 0.0188. The number of non-ortho nitro benzene ring substituents is 1. The van der Waals surface area contributed by atoms with Gasteiger partial charge in [-0.2, -0.15) is 0 Å². The van der Waals surface area contributed by atoms with Crippen LogP contribution in [-0.4, -0.2) is 14.9 Å². The van der Waals surface area contributed by atoms with Crippen LogP contribution in [0.3, 0.4) is 0 Å². The van der Waals surface area contributed by atoms with Crippen LogP contribution in [0.4, 0.5) is 28.7 Å². The van der Waals surface area contributed by atoms with Crippen molar-refractivity contribution in [1.29, 1.82) is 0 Å². The van der Waals surface area contributed by atoms with Gasteiger partial charge >= 0.3 is 0 Å². The van der Waals surface area contributed by atoms with E-state index in [9.17, 15) is 10.1 Å². The van der Waals surface area contributed by atoms with Crippen LogP contribution in [0.5, 0.6) is 0 Å². The number of nitro benzene ring substituents is 1. The Hall–Kier alpha value is -4.00. The van der Waals surface area contributed by atoms with Crippen molar-refractivity contribution in [2.75, 3.05) is 10.6 Å². The second-order valence-corrected chi connectivity index (χ2v) is 7.60. The van der Waals surface area contributed by atoms with Gasteiger partial charge in [-0.1, -0.05) is 24.3 Å². The van der Waals surface area contributed by atoms with Crippen molar-refractivity contribution in [2.45, 2.75) is 27.7 Å². The second-order valence-electron chi connectivity index (χ2n) is 7.60. The highest BCUT2D eigenvalue weighted by Gasteiger charge is 2.15. The predicted molar refractivity (Wildman–Crippen MR) is 125 cm³/mol. The standard InChI is InChI=1S/C24H23N5O2/c1-14-7-5-9-19(16(14)3)25-23-24(26-20-10-6-8-15(2)17(20)4)28-22-13-18(29(30)31)11-12-21(22)27-23/h5-13H,1-4H3,(H,25,27)(H,26,28). The highest BCUT2D eigenvalue weighted by molar-refractivity contribution is 5.85. The van der Waals surface area contributed by atoms with E-state index < -0.39 is 4.92 Å². The fraction of sp³-hybridized carbons (Fsp3) is 0.167. The maximum Gasteiger partial charge on any atom is 0.271 e. The van der Waals surface area contributed by atoms with Gasteiger partial charge in [-0.05, 0) is 68.1 Å². The van der Waals surface area contributed by atoms with Crippen molar-refractivity contribution < 1.29 is 4.92 Å². The van der Waals surface area contributed by atoms with E-state index in [4.69, 9.17) is 9.97 Å². The van der Waals surface area contributed by atoms with E-state index in [0.29, 0.717) is 22.7 Å². The smallest absolute Gasteiger partial charge is 0.271 e. The third-order valence-electron chi connectivity index (χ3n) is 5.57. The summed E-state index contributed by atoms with van der Waals surface area (Å²) in [6.07, 6.45) is 0. The quantitative estimate of drug-likeness (QED) is 0.296. The molecule has 0 unspecified atom stereocenters. The Kier molecular flexibility index (Phi) is 5.25. The van der Waals surface area contributed by atoms with Gasteiger partial charge in [-0.25, -0.2) is 9.97 Å². The van der Waals surface area contributed by atoms with E-state index in [1.54, 1.807) is 6.07 Å². The van der Waals surface area contributed by atoms with Crippen molar-refractivity contribution in [3.05, 3.63) is 87.0 Å². The zero-order chi connectivity index (χ0) is 22.1. The number of anilines is 4. The predicted octanol–water partition coefficient (Wildman–Crippen LogP) is 6.26.